The summed E-state index contributed by atoms with van der Waals surface area (Å²) in [4.78, 5) is 6.26. The molecule has 1 radical (unpaired) electrons. The Hall–Kier alpha value is 5.93. The Bertz CT molecular complexity index is 2100. The van der Waals surface area contributed by atoms with Crippen molar-refractivity contribution in [2.75, 3.05) is 68.0 Å². The standard InChI is InChI=1S/C16H27N2O9S3.C8H8Cl2.C4H11NO6S2.CH2I.4K.O3S.V/c1-2-17(6-9-28(19,20)21)13-15-4-3-5-16(12-15)14-18(7-10-29(22,23)24)8-11-30(25,26)27;9-5-7-2-1-3-8(4-7)6-10;6-12(7,8)3-1-5-2-4-13(9,10)11;1-2;;;;;1-4(2)3;/h3-5,12H,1-2,6-11,13-14H2,(H,19,20,21)(H,22,23,24)(H,25,26,27);1-4H,5-6H2;5H,1-4H2,(H,6,7,8)(H,9,10,11);1H2;;;;;;/q-1;;;-1;4*+1;;/p-3. The van der Waals surface area contributed by atoms with Crippen molar-refractivity contribution in [2.24, 2.45) is 0 Å². The maximum absolute atomic E-state index is 10.9. The van der Waals surface area contributed by atoms with Crippen molar-refractivity contribution in [3.8, 4) is 0 Å². The van der Waals surface area contributed by atoms with Gasteiger partial charge in [-0.3, -0.25) is 18.9 Å². The Kier molecular flexibility index (Phi) is 65.7. The Balaban J connectivity index is -0.000000128. The van der Waals surface area contributed by atoms with Crippen molar-refractivity contribution in [3.05, 3.63) is 82.6 Å². The molecule has 0 heterocycles. The van der Waals surface area contributed by atoms with E-state index in [1.165, 1.54) is 4.90 Å². The maximum atomic E-state index is 10.9. The third-order valence-electron chi connectivity index (χ3n) is 6.47. The van der Waals surface area contributed by atoms with Crippen molar-refractivity contribution >= 4 is 107 Å². The molecular weight excluding hydrogens is 1280 g/mol. The zero-order chi connectivity index (χ0) is 46.5. The maximum Gasteiger partial charge on any atom is 1.00 e. The monoisotopic (exact) mass is 1320 g/mol. The topological polar surface area (TPSA) is 350 Å². The molecule has 0 aliphatic carbocycles. The minimum absolute atomic E-state index is 0. The van der Waals surface area contributed by atoms with Gasteiger partial charge in [-0.1, -0.05) is 48.5 Å². The van der Waals surface area contributed by atoms with Crippen LogP contribution < -0.4 is 211 Å². The van der Waals surface area contributed by atoms with Gasteiger partial charge in [0.05, 0.1) is 59.1 Å². The van der Waals surface area contributed by atoms with Crippen LogP contribution >= 0.6 is 45.8 Å². The quantitative estimate of drug-likeness (QED) is 0.0246. The molecule has 3 N–H and O–H groups in total. The summed E-state index contributed by atoms with van der Waals surface area (Å²) in [5.74, 6) is -1.87. The average Bonchev–Trinajstić information content (AvgIpc) is 3.10. The summed E-state index contributed by atoms with van der Waals surface area (Å²) in [6.45, 7) is 3.76. The molecule has 0 atom stereocenters. The molecule has 0 fully saturated rings. The number of benzene rings is 2. The van der Waals surface area contributed by atoms with E-state index >= 15 is 0 Å². The van der Waals surface area contributed by atoms with Crippen LogP contribution in [0.4, 0.5) is 0 Å². The molecule has 0 aliphatic rings. The molecule has 0 saturated heterocycles. The van der Waals surface area contributed by atoms with E-state index in [9.17, 15) is 55.7 Å². The molecule has 351 valence electrons. The molecule has 2 rings (SSSR count). The molecule has 0 unspecified atom stereocenters. The van der Waals surface area contributed by atoms with Crippen LogP contribution in [0.3, 0.4) is 0 Å². The van der Waals surface area contributed by atoms with E-state index in [0.717, 1.165) is 16.7 Å². The van der Waals surface area contributed by atoms with E-state index in [-0.39, 0.29) is 270 Å². The summed E-state index contributed by atoms with van der Waals surface area (Å²) in [5.41, 5.74) is 3.67. The van der Waals surface area contributed by atoms with Crippen molar-refractivity contribution in [2.45, 2.75) is 24.8 Å². The van der Waals surface area contributed by atoms with Crippen molar-refractivity contribution in [1.82, 2.24) is 15.1 Å². The van der Waals surface area contributed by atoms with E-state index in [1.54, 1.807) is 29.2 Å². The summed E-state index contributed by atoms with van der Waals surface area (Å²) in [5, 5.41) is 2.42. The molecule has 2 aromatic carbocycles. The summed E-state index contributed by atoms with van der Waals surface area (Å²) in [7, 11) is -24.5. The predicted octanol–water partition coefficient (Wildman–Crippen LogP) is -11.5. The molecule has 0 bridgehead atoms. The van der Waals surface area contributed by atoms with E-state index < -0.39 is 90.0 Å². The summed E-state index contributed by atoms with van der Waals surface area (Å²) < 4.78 is 180. The minimum Gasteiger partial charge on any atom is -0.748 e. The first-order chi connectivity index (χ1) is 27.0. The van der Waals surface area contributed by atoms with Crippen molar-refractivity contribution in [1.29, 1.82) is 0 Å². The number of halogens is 3. The number of hydrogen-bond donors (Lipinski definition) is 3. The second-order valence-corrected chi connectivity index (χ2v) is 19.9. The van der Waals surface area contributed by atoms with E-state index in [0.29, 0.717) is 23.9 Å². The van der Waals surface area contributed by atoms with Crippen molar-refractivity contribution in [3.63, 3.8) is 0 Å². The molecule has 0 aliphatic heterocycles. The molecule has 0 amide bonds. The van der Waals surface area contributed by atoms with Gasteiger partial charge in [0.2, 0.25) is 0 Å². The number of rotatable bonds is 22. The van der Waals surface area contributed by atoms with Crippen LogP contribution in [-0.4, -0.2) is 155 Å². The van der Waals surface area contributed by atoms with E-state index in [2.05, 4.69) is 17.2 Å². The van der Waals surface area contributed by atoms with Crippen LogP contribution in [0.25, 0.3) is 0 Å². The Labute approximate surface area is 585 Å². The third-order valence-corrected chi connectivity index (χ3v) is 10.6. The number of nitrogens with zero attached hydrogens (tertiary/aromatic N) is 2. The fourth-order valence-corrected chi connectivity index (χ4v) is 6.51. The molecule has 2 aromatic rings. The van der Waals surface area contributed by atoms with Gasteiger partial charge in [0, 0.05) is 76.1 Å². The van der Waals surface area contributed by atoms with Crippen LogP contribution in [0.1, 0.15) is 22.3 Å². The van der Waals surface area contributed by atoms with Gasteiger partial charge in [-0.2, -0.15) is 16.8 Å². The second-order valence-electron chi connectivity index (χ2n) is 11.3. The largest absolute Gasteiger partial charge is 1.00 e. The first-order valence-electron chi connectivity index (χ1n) is 15.9. The normalized spacial score (nSPS) is 10.9. The van der Waals surface area contributed by atoms with Crippen LogP contribution in [0.15, 0.2) is 48.5 Å². The van der Waals surface area contributed by atoms with Crippen LogP contribution in [0.5, 0.6) is 0 Å². The molecule has 0 spiro atoms. The fraction of sp³-hybridized carbons (Fsp3) is 0.517. The third kappa shape index (κ3) is 65.9. The first-order valence-corrected chi connectivity index (χ1v) is 27.5. The number of hydrogen-bond acceptors (Lipinski definition) is 19. The zero-order valence-corrected chi connectivity index (χ0v) is 57.9. The smallest absolute Gasteiger partial charge is 0.748 e. The van der Waals surface area contributed by atoms with Gasteiger partial charge in [-0.25, -0.2) is 25.3 Å². The van der Waals surface area contributed by atoms with Gasteiger partial charge < -0.3 is 53.4 Å². The second kappa shape index (κ2) is 48.6. The Morgan fingerprint density at radius 1 is 0.578 bits per heavy atom. The molecule has 35 heteroatoms. The summed E-state index contributed by atoms with van der Waals surface area (Å²) >= 11 is 13.1. The fourth-order valence-electron chi connectivity index (χ4n) is 3.93. The number of alkyl halides is 2. The van der Waals surface area contributed by atoms with E-state index in [1.807, 2.05) is 46.9 Å². The van der Waals surface area contributed by atoms with Gasteiger partial charge in [0.15, 0.2) is 0 Å². The molecular formula is C29H45Cl2IK4N3O18S6V-. The number of nitrogens with one attached hydrogen (secondary N) is 1. The molecule has 0 saturated carbocycles. The Morgan fingerprint density at radius 3 is 1.11 bits per heavy atom. The van der Waals surface area contributed by atoms with Gasteiger partial charge in [-0.15, -0.1) is 42.4 Å². The van der Waals surface area contributed by atoms with Crippen LogP contribution in [0.2, 0.25) is 0 Å². The summed E-state index contributed by atoms with van der Waals surface area (Å²) in [6, 6.07) is 14.8. The van der Waals surface area contributed by atoms with Gasteiger partial charge in [0.1, 0.15) is 0 Å². The Morgan fingerprint density at radius 2 is 0.844 bits per heavy atom. The van der Waals surface area contributed by atoms with Crippen LogP contribution in [-0.2, 0) is 105 Å². The SMILES string of the molecule is ClCc1cccc(CCl)c1.O=S(=O)(O)CCNCCS(=O)(=O)O.O=S(=O)=O.[CH2-]CN(CCS(=O)(=O)[O-])Cc1cccc(CN(CCS(=O)(=O)[O-])CCS(=O)(=O)[O-])c1.[CH2-]I.[K+].[K+].[K+].[K+].[V]. The first kappa shape index (κ1) is 86.6. The minimum atomic E-state index is -4.52. The van der Waals surface area contributed by atoms with Crippen LogP contribution in [0, 0.1) is 11.9 Å². The van der Waals surface area contributed by atoms with E-state index in [4.69, 9.17) is 44.9 Å². The molecule has 64 heavy (non-hydrogen) atoms. The zero-order valence-electron chi connectivity index (χ0n) is 35.5. The van der Waals surface area contributed by atoms with Gasteiger partial charge in [-0.05, 0) is 22.3 Å². The average molecular weight is 1320 g/mol. The molecule has 21 nitrogen and oxygen atoms in total. The van der Waals surface area contributed by atoms with Gasteiger partial charge in [0.25, 0.3) is 20.2 Å². The summed E-state index contributed by atoms with van der Waals surface area (Å²) in [6.07, 6.45) is 0. The molecule has 0 aromatic heterocycles. The predicted molar refractivity (Wildman–Crippen MR) is 226 cm³/mol. The van der Waals surface area contributed by atoms with Crippen molar-refractivity contribution < 1.29 is 302 Å². The van der Waals surface area contributed by atoms with Gasteiger partial charge >= 0.3 is 216 Å².